The van der Waals surface area contributed by atoms with Crippen molar-refractivity contribution in [3.63, 3.8) is 0 Å². The van der Waals surface area contributed by atoms with E-state index in [4.69, 9.17) is 0 Å². The van der Waals surface area contributed by atoms with Crippen LogP contribution in [-0.2, 0) is 0 Å². The largest absolute Gasteiger partial charge is 0.394 e. The number of piperazine rings is 1. The minimum Gasteiger partial charge on any atom is -0.394 e. The fourth-order valence-corrected chi connectivity index (χ4v) is 2.43. The van der Waals surface area contributed by atoms with Gasteiger partial charge in [-0.2, -0.15) is 0 Å². The van der Waals surface area contributed by atoms with Crippen molar-refractivity contribution >= 4 is 0 Å². The van der Waals surface area contributed by atoms with E-state index in [9.17, 15) is 5.11 Å². The highest BCUT2D eigenvalue weighted by Gasteiger charge is 2.47. The van der Waals surface area contributed by atoms with Gasteiger partial charge in [0, 0.05) is 37.8 Å². The zero-order chi connectivity index (χ0) is 10.2. The molecule has 14 heavy (non-hydrogen) atoms. The maximum absolute atomic E-state index is 9.33. The summed E-state index contributed by atoms with van der Waals surface area (Å²) in [4.78, 5) is 5.01. The molecule has 0 spiro atoms. The van der Waals surface area contributed by atoms with E-state index in [2.05, 4.69) is 23.6 Å². The predicted molar refractivity (Wildman–Crippen MR) is 57.3 cm³/mol. The summed E-state index contributed by atoms with van der Waals surface area (Å²) in [6, 6.07) is 0.668. The first-order valence-electron chi connectivity index (χ1n) is 5.78. The minimum atomic E-state index is 0.197. The number of aliphatic hydroxyl groups is 1. The van der Waals surface area contributed by atoms with Gasteiger partial charge in [0.25, 0.3) is 0 Å². The third-order valence-electron chi connectivity index (χ3n) is 3.84. The van der Waals surface area contributed by atoms with Crippen LogP contribution in [-0.4, -0.2) is 59.3 Å². The van der Waals surface area contributed by atoms with Crippen LogP contribution in [0.25, 0.3) is 0 Å². The van der Waals surface area contributed by atoms with Crippen LogP contribution in [0.4, 0.5) is 0 Å². The fraction of sp³-hybridized carbons (Fsp3) is 1.00. The van der Waals surface area contributed by atoms with Crippen molar-refractivity contribution in [3.05, 3.63) is 0 Å². The minimum absolute atomic E-state index is 0.197. The first kappa shape index (κ1) is 10.4. The van der Waals surface area contributed by atoms with Crippen LogP contribution < -0.4 is 0 Å². The molecule has 0 unspecified atom stereocenters. The highest BCUT2D eigenvalue weighted by molar-refractivity contribution is 5.04. The molecule has 2 rings (SSSR count). The lowest BCUT2D eigenvalue weighted by Crippen LogP contribution is -2.54. The van der Waals surface area contributed by atoms with Crippen molar-refractivity contribution in [2.75, 3.05) is 32.8 Å². The molecule has 1 N–H and O–H groups in total. The highest BCUT2D eigenvalue weighted by Crippen LogP contribution is 2.41. The van der Waals surface area contributed by atoms with E-state index < -0.39 is 0 Å². The maximum atomic E-state index is 9.33. The molecule has 1 saturated heterocycles. The van der Waals surface area contributed by atoms with Crippen LogP contribution in [0.3, 0.4) is 0 Å². The second-order valence-corrected chi connectivity index (χ2v) is 5.00. The van der Waals surface area contributed by atoms with Gasteiger partial charge in [0.05, 0.1) is 6.61 Å². The Morgan fingerprint density at radius 1 is 1.14 bits per heavy atom. The van der Waals surface area contributed by atoms with Gasteiger partial charge in [-0.3, -0.25) is 9.80 Å². The van der Waals surface area contributed by atoms with Gasteiger partial charge in [-0.1, -0.05) is 0 Å². The lowest BCUT2D eigenvalue weighted by Gasteiger charge is -2.40. The lowest BCUT2D eigenvalue weighted by molar-refractivity contribution is 0.0415. The molecule has 0 aromatic rings. The normalized spacial score (nSPS) is 28.3. The third-order valence-corrected chi connectivity index (χ3v) is 3.84. The summed E-state index contributed by atoms with van der Waals surface area (Å²) in [6.07, 6.45) is 2.40. The van der Waals surface area contributed by atoms with E-state index in [-0.39, 0.29) is 5.54 Å². The molecule has 0 bridgehead atoms. The van der Waals surface area contributed by atoms with E-state index in [0.717, 1.165) is 13.1 Å². The molecular formula is C11H22N2O. The monoisotopic (exact) mass is 198 g/mol. The predicted octanol–water partition coefficient (Wildman–Crippen LogP) is 0.537. The van der Waals surface area contributed by atoms with Gasteiger partial charge in [-0.15, -0.1) is 0 Å². The summed E-state index contributed by atoms with van der Waals surface area (Å²) in [7, 11) is 0. The molecule has 2 fully saturated rings. The summed E-state index contributed by atoms with van der Waals surface area (Å²) < 4.78 is 0. The van der Waals surface area contributed by atoms with Crippen molar-refractivity contribution in [1.29, 1.82) is 0 Å². The molecule has 3 heteroatoms. The summed E-state index contributed by atoms with van der Waals surface area (Å²) >= 11 is 0. The van der Waals surface area contributed by atoms with Crippen molar-refractivity contribution in [2.24, 2.45) is 0 Å². The Balaban J connectivity index is 1.84. The van der Waals surface area contributed by atoms with E-state index in [0.29, 0.717) is 12.6 Å². The van der Waals surface area contributed by atoms with Crippen LogP contribution in [0, 0.1) is 0 Å². The Labute approximate surface area is 86.7 Å². The molecule has 0 radical (unpaired) electrons. The summed E-state index contributed by atoms with van der Waals surface area (Å²) in [5.41, 5.74) is 0.197. The molecule has 3 nitrogen and oxygen atoms in total. The molecule has 0 aromatic carbocycles. The molecule has 1 aliphatic carbocycles. The lowest BCUT2D eigenvalue weighted by atomic mass is 10.1. The van der Waals surface area contributed by atoms with E-state index in [1.165, 1.54) is 25.9 Å². The fourth-order valence-electron chi connectivity index (χ4n) is 2.43. The molecule has 0 atom stereocenters. The van der Waals surface area contributed by atoms with Crippen molar-refractivity contribution < 1.29 is 5.11 Å². The first-order chi connectivity index (χ1) is 6.68. The number of hydrogen-bond donors (Lipinski definition) is 1. The van der Waals surface area contributed by atoms with E-state index in [1.54, 1.807) is 0 Å². The zero-order valence-corrected chi connectivity index (χ0v) is 9.37. The van der Waals surface area contributed by atoms with Gasteiger partial charge < -0.3 is 5.11 Å². The van der Waals surface area contributed by atoms with Gasteiger partial charge >= 0.3 is 0 Å². The van der Waals surface area contributed by atoms with Crippen molar-refractivity contribution in [2.45, 2.75) is 38.3 Å². The molecular weight excluding hydrogens is 176 g/mol. The smallest absolute Gasteiger partial charge is 0.0615 e. The van der Waals surface area contributed by atoms with Gasteiger partial charge in [0.2, 0.25) is 0 Å². The summed E-state index contributed by atoms with van der Waals surface area (Å²) in [6.45, 7) is 9.48. The number of rotatable bonds is 3. The average molecular weight is 198 g/mol. The van der Waals surface area contributed by atoms with Crippen molar-refractivity contribution in [1.82, 2.24) is 9.80 Å². The van der Waals surface area contributed by atoms with Gasteiger partial charge in [-0.25, -0.2) is 0 Å². The zero-order valence-electron chi connectivity index (χ0n) is 9.37. The Morgan fingerprint density at radius 3 is 2.07 bits per heavy atom. The maximum Gasteiger partial charge on any atom is 0.0615 e. The molecule has 1 aliphatic heterocycles. The molecule has 1 saturated carbocycles. The second kappa shape index (κ2) is 3.80. The quantitative estimate of drug-likeness (QED) is 0.717. The molecule has 2 aliphatic rings. The molecule has 0 aromatic heterocycles. The second-order valence-electron chi connectivity index (χ2n) is 5.00. The van der Waals surface area contributed by atoms with Gasteiger partial charge in [0.1, 0.15) is 0 Å². The Morgan fingerprint density at radius 2 is 1.71 bits per heavy atom. The summed E-state index contributed by atoms with van der Waals surface area (Å²) in [5.74, 6) is 0. The molecule has 0 amide bonds. The average Bonchev–Trinajstić information content (AvgIpc) is 2.99. The van der Waals surface area contributed by atoms with Crippen LogP contribution >= 0.6 is 0 Å². The number of aliphatic hydroxyl groups excluding tert-OH is 1. The Bertz CT molecular complexity index is 193. The van der Waals surface area contributed by atoms with Gasteiger partial charge in [-0.05, 0) is 26.7 Å². The Kier molecular flexibility index (Phi) is 2.82. The van der Waals surface area contributed by atoms with Crippen LogP contribution in [0.5, 0.6) is 0 Å². The molecule has 82 valence electrons. The third kappa shape index (κ3) is 1.81. The van der Waals surface area contributed by atoms with E-state index in [1.807, 2.05) is 0 Å². The Hall–Kier alpha value is -0.120. The standard InChI is InChI=1S/C11H22N2O/c1-10(2)12-5-7-13(8-6-12)11(9-14)3-4-11/h10,14H,3-9H2,1-2H3. The highest BCUT2D eigenvalue weighted by atomic mass is 16.3. The first-order valence-corrected chi connectivity index (χ1v) is 5.78. The number of hydrogen-bond acceptors (Lipinski definition) is 3. The van der Waals surface area contributed by atoms with Gasteiger partial charge in [0.15, 0.2) is 0 Å². The number of nitrogens with zero attached hydrogens (tertiary/aromatic N) is 2. The van der Waals surface area contributed by atoms with E-state index >= 15 is 0 Å². The topological polar surface area (TPSA) is 26.7 Å². The SMILES string of the molecule is CC(C)N1CCN(C2(CO)CC2)CC1. The van der Waals surface area contributed by atoms with Crippen LogP contribution in [0.1, 0.15) is 26.7 Å². The molecule has 1 heterocycles. The summed E-state index contributed by atoms with van der Waals surface area (Å²) in [5, 5.41) is 9.33. The van der Waals surface area contributed by atoms with Crippen LogP contribution in [0.15, 0.2) is 0 Å². The van der Waals surface area contributed by atoms with Crippen molar-refractivity contribution in [3.8, 4) is 0 Å². The van der Waals surface area contributed by atoms with Crippen LogP contribution in [0.2, 0.25) is 0 Å².